The van der Waals surface area contributed by atoms with Gasteiger partial charge in [0, 0.05) is 6.54 Å². The highest BCUT2D eigenvalue weighted by molar-refractivity contribution is 5.99. The molecule has 7 heteroatoms. The molecule has 0 radical (unpaired) electrons. The fourth-order valence-corrected chi connectivity index (χ4v) is 3.45. The number of aromatic nitrogens is 2. The second-order valence-corrected chi connectivity index (χ2v) is 6.42. The maximum atomic E-state index is 12.8. The molecule has 1 aromatic heterocycles. The van der Waals surface area contributed by atoms with Gasteiger partial charge in [-0.3, -0.25) is 19.5 Å². The summed E-state index contributed by atoms with van der Waals surface area (Å²) in [6.45, 7) is 0.458. The number of hydrogen-bond acceptors (Lipinski definition) is 4. The number of ether oxygens (including phenoxy) is 1. The molecule has 0 fully saturated rings. The molecular formula is C20H20N4O3. The Morgan fingerprint density at radius 2 is 2.04 bits per heavy atom. The van der Waals surface area contributed by atoms with Crippen LogP contribution in [-0.4, -0.2) is 35.0 Å². The van der Waals surface area contributed by atoms with Gasteiger partial charge >= 0.3 is 0 Å². The summed E-state index contributed by atoms with van der Waals surface area (Å²) in [5.74, 6) is 0.816. The molecule has 3 aromatic rings. The Morgan fingerprint density at radius 3 is 2.89 bits per heavy atom. The van der Waals surface area contributed by atoms with Gasteiger partial charge in [0.05, 0.1) is 24.6 Å². The standard InChI is InChI=1S/C20H20N4O3/c1-27-17-9-5-2-6-13(17)10-11-21-19(26)16-12-18(25)23-20-22-14-7-3-4-8-15(14)24(16)20/h2-9,16H,10-12H2,1H3,(H,21,26)(H,22,23,25). The lowest BCUT2D eigenvalue weighted by Crippen LogP contribution is -2.39. The number of nitrogens with zero attached hydrogens (tertiary/aromatic N) is 2. The van der Waals surface area contributed by atoms with Crippen LogP contribution in [0.4, 0.5) is 5.95 Å². The molecule has 0 saturated heterocycles. The third kappa shape index (κ3) is 3.23. The van der Waals surface area contributed by atoms with Crippen LogP contribution in [0.2, 0.25) is 0 Å². The number of imidazole rings is 1. The van der Waals surface area contributed by atoms with Gasteiger partial charge in [0.1, 0.15) is 11.8 Å². The molecule has 2 aromatic carbocycles. The van der Waals surface area contributed by atoms with Crippen LogP contribution in [0.15, 0.2) is 48.5 Å². The molecule has 1 aliphatic heterocycles. The van der Waals surface area contributed by atoms with E-state index in [4.69, 9.17) is 4.74 Å². The molecule has 27 heavy (non-hydrogen) atoms. The highest BCUT2D eigenvalue weighted by Crippen LogP contribution is 2.30. The molecule has 0 bridgehead atoms. The number of benzene rings is 2. The second kappa shape index (κ2) is 7.11. The van der Waals surface area contributed by atoms with Crippen LogP contribution in [0, 0.1) is 0 Å². The Bertz CT molecular complexity index is 1010. The Morgan fingerprint density at radius 1 is 1.26 bits per heavy atom. The predicted molar refractivity (Wildman–Crippen MR) is 102 cm³/mol. The minimum absolute atomic E-state index is 0.0911. The summed E-state index contributed by atoms with van der Waals surface area (Å²) in [6, 6.07) is 14.6. The first-order valence-electron chi connectivity index (χ1n) is 8.84. The molecule has 0 saturated carbocycles. The van der Waals surface area contributed by atoms with Gasteiger partial charge in [-0.05, 0) is 30.2 Å². The summed E-state index contributed by atoms with van der Waals surface area (Å²) < 4.78 is 7.14. The number of fused-ring (bicyclic) bond motifs is 3. The average molecular weight is 364 g/mol. The van der Waals surface area contributed by atoms with Gasteiger partial charge in [-0.2, -0.15) is 0 Å². The van der Waals surface area contributed by atoms with Crippen molar-refractivity contribution in [1.82, 2.24) is 14.9 Å². The molecule has 7 nitrogen and oxygen atoms in total. The molecule has 4 rings (SSSR count). The van der Waals surface area contributed by atoms with Crippen molar-refractivity contribution in [1.29, 1.82) is 0 Å². The summed E-state index contributed by atoms with van der Waals surface area (Å²) in [6.07, 6.45) is 0.736. The summed E-state index contributed by atoms with van der Waals surface area (Å²) >= 11 is 0. The molecule has 1 atom stereocenters. The third-order valence-electron chi connectivity index (χ3n) is 4.73. The number of carbonyl (C=O) groups is 2. The molecule has 1 unspecified atom stereocenters. The number of carbonyl (C=O) groups excluding carboxylic acids is 2. The number of rotatable bonds is 5. The van der Waals surface area contributed by atoms with E-state index < -0.39 is 6.04 Å². The number of hydrogen-bond donors (Lipinski definition) is 2. The largest absolute Gasteiger partial charge is 0.496 e. The zero-order chi connectivity index (χ0) is 18.8. The first-order chi connectivity index (χ1) is 13.2. The van der Waals surface area contributed by atoms with Crippen LogP contribution in [-0.2, 0) is 16.0 Å². The molecule has 0 aliphatic carbocycles. The first kappa shape index (κ1) is 17.1. The highest BCUT2D eigenvalue weighted by atomic mass is 16.5. The maximum absolute atomic E-state index is 12.8. The van der Waals surface area contributed by atoms with Gasteiger partial charge in [-0.1, -0.05) is 30.3 Å². The minimum Gasteiger partial charge on any atom is -0.496 e. The minimum atomic E-state index is -0.612. The van der Waals surface area contributed by atoms with E-state index in [9.17, 15) is 9.59 Å². The van der Waals surface area contributed by atoms with E-state index in [1.165, 1.54) is 0 Å². The highest BCUT2D eigenvalue weighted by Gasteiger charge is 2.32. The Labute approximate surface area is 156 Å². The van der Waals surface area contributed by atoms with Crippen molar-refractivity contribution in [2.45, 2.75) is 18.9 Å². The molecule has 2 heterocycles. The van der Waals surface area contributed by atoms with Crippen molar-refractivity contribution in [2.75, 3.05) is 19.0 Å². The number of methoxy groups -OCH3 is 1. The van der Waals surface area contributed by atoms with Gasteiger partial charge in [0.25, 0.3) is 0 Å². The summed E-state index contributed by atoms with van der Waals surface area (Å²) in [5.41, 5.74) is 2.61. The fourth-order valence-electron chi connectivity index (χ4n) is 3.45. The lowest BCUT2D eigenvalue weighted by atomic mass is 10.1. The monoisotopic (exact) mass is 364 g/mol. The summed E-state index contributed by atoms with van der Waals surface area (Å²) in [5, 5.41) is 5.69. The molecule has 0 spiro atoms. The molecule has 1 aliphatic rings. The normalized spacial score (nSPS) is 15.9. The van der Waals surface area contributed by atoms with Crippen molar-refractivity contribution < 1.29 is 14.3 Å². The van der Waals surface area contributed by atoms with Crippen LogP contribution in [0.25, 0.3) is 11.0 Å². The Balaban J connectivity index is 1.52. The maximum Gasteiger partial charge on any atom is 0.243 e. The van der Waals surface area contributed by atoms with Crippen LogP contribution in [0.1, 0.15) is 18.0 Å². The predicted octanol–water partition coefficient (Wildman–Crippen LogP) is 2.29. The molecule has 138 valence electrons. The number of para-hydroxylation sites is 3. The summed E-state index contributed by atoms with van der Waals surface area (Å²) in [7, 11) is 1.63. The molecule has 2 amide bonds. The molecular weight excluding hydrogens is 344 g/mol. The van der Waals surface area contributed by atoms with Gasteiger partial charge in [0.15, 0.2) is 0 Å². The second-order valence-electron chi connectivity index (χ2n) is 6.42. The zero-order valence-corrected chi connectivity index (χ0v) is 14.9. The number of anilines is 1. The number of amides is 2. The van der Waals surface area contributed by atoms with Crippen LogP contribution < -0.4 is 15.4 Å². The third-order valence-corrected chi connectivity index (χ3v) is 4.73. The van der Waals surface area contributed by atoms with E-state index in [0.29, 0.717) is 18.9 Å². The van der Waals surface area contributed by atoms with E-state index >= 15 is 0 Å². The molecule has 2 N–H and O–H groups in total. The van der Waals surface area contributed by atoms with Gasteiger partial charge in [-0.25, -0.2) is 4.98 Å². The zero-order valence-electron chi connectivity index (χ0n) is 14.9. The van der Waals surface area contributed by atoms with Crippen molar-refractivity contribution >= 4 is 28.8 Å². The van der Waals surface area contributed by atoms with E-state index in [-0.39, 0.29) is 18.2 Å². The van der Waals surface area contributed by atoms with Crippen LogP contribution >= 0.6 is 0 Å². The van der Waals surface area contributed by atoms with Gasteiger partial charge in [0.2, 0.25) is 17.8 Å². The average Bonchev–Trinajstić information content (AvgIpc) is 3.05. The van der Waals surface area contributed by atoms with Crippen molar-refractivity contribution in [3.8, 4) is 5.75 Å². The lowest BCUT2D eigenvalue weighted by molar-refractivity contribution is -0.128. The fraction of sp³-hybridized carbons (Fsp3) is 0.250. The quantitative estimate of drug-likeness (QED) is 0.727. The van der Waals surface area contributed by atoms with Crippen LogP contribution in [0.3, 0.4) is 0 Å². The summed E-state index contributed by atoms with van der Waals surface area (Å²) in [4.78, 5) is 29.3. The Hall–Kier alpha value is -3.35. The van der Waals surface area contributed by atoms with Gasteiger partial charge in [-0.15, -0.1) is 0 Å². The van der Waals surface area contributed by atoms with Gasteiger partial charge < -0.3 is 10.1 Å². The van der Waals surface area contributed by atoms with Crippen molar-refractivity contribution in [2.24, 2.45) is 0 Å². The Kier molecular flexibility index (Phi) is 4.50. The SMILES string of the molecule is COc1ccccc1CCNC(=O)C1CC(=O)Nc2nc3ccccc3n21. The van der Waals surface area contributed by atoms with Crippen molar-refractivity contribution in [3.05, 3.63) is 54.1 Å². The first-order valence-corrected chi connectivity index (χ1v) is 8.84. The van der Waals surface area contributed by atoms with E-state index in [1.807, 2.05) is 48.5 Å². The lowest BCUT2D eigenvalue weighted by Gasteiger charge is -2.25. The number of nitrogens with one attached hydrogen (secondary N) is 2. The van der Waals surface area contributed by atoms with Crippen molar-refractivity contribution in [3.63, 3.8) is 0 Å². The van der Waals surface area contributed by atoms with E-state index in [1.54, 1.807) is 11.7 Å². The van der Waals surface area contributed by atoms with E-state index in [0.717, 1.165) is 22.3 Å². The van der Waals surface area contributed by atoms with E-state index in [2.05, 4.69) is 15.6 Å². The topological polar surface area (TPSA) is 85.2 Å². The smallest absolute Gasteiger partial charge is 0.243 e. The van der Waals surface area contributed by atoms with Crippen LogP contribution in [0.5, 0.6) is 5.75 Å².